The molecule has 0 amide bonds. The van der Waals surface area contributed by atoms with E-state index in [4.69, 9.17) is 45.6 Å². The Morgan fingerprint density at radius 3 is 2.72 bits per heavy atom. The fourth-order valence-electron chi connectivity index (χ4n) is 2.30. The van der Waals surface area contributed by atoms with Gasteiger partial charge in [0.1, 0.15) is 5.76 Å². The molecule has 1 N–H and O–H groups in total. The van der Waals surface area contributed by atoms with Crippen molar-refractivity contribution in [2.45, 2.75) is 37.5 Å². The van der Waals surface area contributed by atoms with Crippen LogP contribution in [0.2, 0.25) is 0 Å². The smallest absolute Gasteiger partial charge is 0.128 e. The molecule has 2 aliphatic rings. The van der Waals surface area contributed by atoms with Crippen molar-refractivity contribution in [3.05, 3.63) is 10.8 Å². The number of allylic oxidation sites excluding steroid dienone is 2. The second-order valence-corrected chi connectivity index (χ2v) is 6.27. The van der Waals surface area contributed by atoms with E-state index in [1.54, 1.807) is 0 Å². The molecule has 2 rings (SSSR count). The maximum Gasteiger partial charge on any atom is 0.128 e. The van der Waals surface area contributed by atoms with Gasteiger partial charge >= 0.3 is 0 Å². The van der Waals surface area contributed by atoms with Crippen LogP contribution in [0.1, 0.15) is 32.1 Å². The quantitative estimate of drug-likeness (QED) is 0.467. The second-order valence-electron chi connectivity index (χ2n) is 5.05. The van der Waals surface area contributed by atoms with Crippen LogP contribution < -0.4 is 0 Å². The van der Waals surface area contributed by atoms with Gasteiger partial charge in [0.25, 0.3) is 0 Å². The Morgan fingerprint density at radius 2 is 2.22 bits per heavy atom. The summed E-state index contributed by atoms with van der Waals surface area (Å²) in [5.41, 5.74) is 0.437. The van der Waals surface area contributed by atoms with Gasteiger partial charge in [0.2, 0.25) is 0 Å². The van der Waals surface area contributed by atoms with Crippen LogP contribution in [-0.4, -0.2) is 23.1 Å². The Balaban J connectivity index is 1.95. The second kappa shape index (κ2) is 6.36. The minimum absolute atomic E-state index is 0.0357. The number of nitrogens with one attached hydrogen (secondary N) is 1. The summed E-state index contributed by atoms with van der Waals surface area (Å²) < 4.78 is 5.78. The van der Waals surface area contributed by atoms with Crippen LogP contribution in [0.15, 0.2) is 10.8 Å². The predicted octanol–water partition coefficient (Wildman–Crippen LogP) is 4.29. The topological polar surface area (TPSA) is 33.1 Å². The first kappa shape index (κ1) is 14.3. The third-order valence-corrected chi connectivity index (χ3v) is 4.71. The third-order valence-electron chi connectivity index (χ3n) is 3.73. The van der Waals surface area contributed by atoms with Crippen LogP contribution in [0.5, 0.6) is 0 Å². The number of rotatable bonds is 5. The fraction of sp³-hybridized carbons (Fsp3) is 0.692. The highest BCUT2D eigenvalue weighted by Crippen LogP contribution is 2.37. The average Bonchev–Trinajstić information content (AvgIpc) is 2.29. The number of halogens is 2. The molecule has 18 heavy (non-hydrogen) atoms. The van der Waals surface area contributed by atoms with E-state index in [2.05, 4.69) is 0 Å². The van der Waals surface area contributed by atoms with Gasteiger partial charge in [-0.15, -0.1) is 11.6 Å². The van der Waals surface area contributed by atoms with Crippen molar-refractivity contribution in [3.63, 3.8) is 0 Å². The zero-order valence-electron chi connectivity index (χ0n) is 10.1. The standard InChI is InChI=1S/C13H17Cl2NOS/c14-10-4-9(12(16)7-18)5-11(15)13(10)17-6-8-2-1-3-8/h7-10,16H,1-6H2. The monoisotopic (exact) mass is 305 g/mol. The predicted molar refractivity (Wildman–Crippen MR) is 79.9 cm³/mol. The lowest BCUT2D eigenvalue weighted by Crippen LogP contribution is -2.27. The zero-order valence-corrected chi connectivity index (χ0v) is 12.5. The minimum Gasteiger partial charge on any atom is -0.495 e. The first-order valence-electron chi connectivity index (χ1n) is 6.30. The Kier molecular flexibility index (Phi) is 5.05. The maximum atomic E-state index is 7.75. The first-order valence-corrected chi connectivity index (χ1v) is 7.59. The maximum absolute atomic E-state index is 7.75. The molecule has 0 heterocycles. The Labute approximate surface area is 123 Å². The SMILES string of the molecule is N=C(C=S)C1CC(Cl)=C(OCC2CCC2)C(Cl)C1. The van der Waals surface area contributed by atoms with Gasteiger partial charge in [0.15, 0.2) is 0 Å². The number of hydrogen-bond acceptors (Lipinski definition) is 3. The molecule has 0 saturated heterocycles. The number of thiocarbonyl (C=S) groups is 1. The zero-order chi connectivity index (χ0) is 13.1. The molecule has 0 aromatic carbocycles. The van der Waals surface area contributed by atoms with Gasteiger partial charge in [-0.3, -0.25) is 0 Å². The number of ether oxygens (including phenoxy) is 1. The van der Waals surface area contributed by atoms with E-state index in [0.29, 0.717) is 29.5 Å². The first-order chi connectivity index (χ1) is 8.61. The van der Waals surface area contributed by atoms with Gasteiger partial charge in [-0.05, 0) is 31.6 Å². The van der Waals surface area contributed by atoms with Gasteiger partial charge in [-0.2, -0.15) is 0 Å². The normalized spacial score (nSPS) is 28.8. The van der Waals surface area contributed by atoms with Crippen molar-refractivity contribution in [1.82, 2.24) is 0 Å². The molecule has 2 unspecified atom stereocenters. The Hall–Kier alpha value is -0.120. The summed E-state index contributed by atoms with van der Waals surface area (Å²) in [5, 5.41) is 9.58. The van der Waals surface area contributed by atoms with Crippen molar-refractivity contribution in [1.29, 1.82) is 5.41 Å². The third kappa shape index (κ3) is 3.25. The van der Waals surface area contributed by atoms with Crippen LogP contribution in [-0.2, 0) is 4.74 Å². The molecule has 1 fully saturated rings. The Bertz CT molecular complexity index is 379. The molecular formula is C13H17Cl2NOS. The summed E-state index contributed by atoms with van der Waals surface area (Å²) in [4.78, 5) is 0. The van der Waals surface area contributed by atoms with Crippen LogP contribution in [0, 0.1) is 17.2 Å². The molecular weight excluding hydrogens is 289 g/mol. The van der Waals surface area contributed by atoms with Crippen LogP contribution in [0.25, 0.3) is 0 Å². The molecule has 0 aliphatic heterocycles. The summed E-state index contributed by atoms with van der Waals surface area (Å²) in [6.45, 7) is 0.726. The molecule has 2 aliphatic carbocycles. The van der Waals surface area contributed by atoms with E-state index in [-0.39, 0.29) is 11.3 Å². The largest absolute Gasteiger partial charge is 0.495 e. The fourth-order valence-corrected chi connectivity index (χ4v) is 3.33. The van der Waals surface area contributed by atoms with Gasteiger partial charge < -0.3 is 10.1 Å². The highest BCUT2D eigenvalue weighted by molar-refractivity contribution is 7.80. The molecule has 2 atom stereocenters. The summed E-state index contributed by atoms with van der Waals surface area (Å²) >= 11 is 17.3. The molecule has 0 spiro atoms. The van der Waals surface area contributed by atoms with Crippen molar-refractivity contribution in [2.24, 2.45) is 11.8 Å². The van der Waals surface area contributed by atoms with Crippen molar-refractivity contribution >= 4 is 46.5 Å². The summed E-state index contributed by atoms with van der Waals surface area (Å²) in [6.07, 6.45) is 5.10. The van der Waals surface area contributed by atoms with E-state index < -0.39 is 0 Å². The van der Waals surface area contributed by atoms with E-state index in [1.165, 1.54) is 24.6 Å². The summed E-state index contributed by atoms with van der Waals surface area (Å²) in [5.74, 6) is 1.43. The molecule has 0 aromatic rings. The molecule has 100 valence electrons. The molecule has 0 bridgehead atoms. The highest BCUT2D eigenvalue weighted by atomic mass is 35.5. The average molecular weight is 306 g/mol. The van der Waals surface area contributed by atoms with Gasteiger partial charge in [-0.1, -0.05) is 30.2 Å². The van der Waals surface area contributed by atoms with Crippen molar-refractivity contribution in [3.8, 4) is 0 Å². The highest BCUT2D eigenvalue weighted by Gasteiger charge is 2.31. The molecule has 1 saturated carbocycles. The summed E-state index contributed by atoms with van der Waals surface area (Å²) in [6, 6.07) is 0. The number of alkyl halides is 1. The van der Waals surface area contributed by atoms with Gasteiger partial charge in [-0.25, -0.2) is 0 Å². The van der Waals surface area contributed by atoms with Crippen LogP contribution >= 0.6 is 35.4 Å². The van der Waals surface area contributed by atoms with E-state index >= 15 is 0 Å². The van der Waals surface area contributed by atoms with Crippen molar-refractivity contribution in [2.75, 3.05) is 6.61 Å². The van der Waals surface area contributed by atoms with E-state index in [0.717, 1.165) is 12.4 Å². The molecule has 2 nitrogen and oxygen atoms in total. The van der Waals surface area contributed by atoms with Gasteiger partial charge in [0, 0.05) is 17.0 Å². The van der Waals surface area contributed by atoms with E-state index in [1.807, 2.05) is 0 Å². The molecule has 5 heteroatoms. The lowest BCUT2D eigenvalue weighted by molar-refractivity contribution is 0.112. The van der Waals surface area contributed by atoms with E-state index in [9.17, 15) is 0 Å². The lowest BCUT2D eigenvalue weighted by Gasteiger charge is -2.31. The molecule has 0 radical (unpaired) electrons. The number of hydrogen-bond donors (Lipinski definition) is 1. The minimum atomic E-state index is -0.230. The van der Waals surface area contributed by atoms with Crippen molar-refractivity contribution < 1.29 is 4.74 Å². The molecule has 0 aromatic heterocycles. The summed E-state index contributed by atoms with van der Waals surface area (Å²) in [7, 11) is 0. The van der Waals surface area contributed by atoms with Crippen LogP contribution in [0.4, 0.5) is 0 Å². The Morgan fingerprint density at radius 1 is 1.50 bits per heavy atom. The van der Waals surface area contributed by atoms with Crippen LogP contribution in [0.3, 0.4) is 0 Å². The van der Waals surface area contributed by atoms with Gasteiger partial charge in [0.05, 0.1) is 17.0 Å². The lowest BCUT2D eigenvalue weighted by atomic mass is 9.86.